The van der Waals surface area contributed by atoms with Gasteiger partial charge in [0.1, 0.15) is 6.79 Å². The smallest absolute Gasteiger partial charge is 0.147 e. The Kier molecular flexibility index (Phi) is 4.39. The maximum absolute atomic E-state index is 5.71. The average Bonchev–Trinajstić information content (AvgIpc) is 2.00. The lowest BCUT2D eigenvalue weighted by molar-refractivity contribution is -0.114. The third kappa shape index (κ3) is 3.97. The van der Waals surface area contributed by atoms with E-state index in [-0.39, 0.29) is 0 Å². The molecule has 2 nitrogen and oxygen atoms in total. The standard InChI is InChI=1S/C12H24O2/c1-5-13-9-14-11-6-10(2)7-12(3,4)8-11/h10-11H,5-9H2,1-4H3/t10-,11-/m0/s1. The summed E-state index contributed by atoms with van der Waals surface area (Å²) in [5.74, 6) is 0.783. The first kappa shape index (κ1) is 12.0. The van der Waals surface area contributed by atoms with Crippen LogP contribution >= 0.6 is 0 Å². The van der Waals surface area contributed by atoms with Crippen LogP contribution in [0.4, 0.5) is 0 Å². The van der Waals surface area contributed by atoms with Crippen LogP contribution in [0.25, 0.3) is 0 Å². The number of rotatable bonds is 4. The minimum Gasteiger partial charge on any atom is -0.356 e. The summed E-state index contributed by atoms with van der Waals surface area (Å²) in [6.07, 6.45) is 4.09. The summed E-state index contributed by atoms with van der Waals surface area (Å²) in [6.45, 7) is 10.2. The third-order valence-corrected chi connectivity index (χ3v) is 2.94. The summed E-state index contributed by atoms with van der Waals surface area (Å²) in [7, 11) is 0. The zero-order chi connectivity index (χ0) is 10.6. The van der Waals surface area contributed by atoms with Crippen LogP contribution in [0.15, 0.2) is 0 Å². The van der Waals surface area contributed by atoms with Crippen molar-refractivity contribution < 1.29 is 9.47 Å². The first-order chi connectivity index (χ1) is 6.53. The molecule has 0 aromatic heterocycles. The summed E-state index contributed by atoms with van der Waals surface area (Å²) in [5.41, 5.74) is 0.439. The summed E-state index contributed by atoms with van der Waals surface area (Å²) in [4.78, 5) is 0. The molecule has 0 heterocycles. The van der Waals surface area contributed by atoms with Crippen LogP contribution < -0.4 is 0 Å². The maximum atomic E-state index is 5.71. The van der Waals surface area contributed by atoms with Crippen molar-refractivity contribution in [3.63, 3.8) is 0 Å². The Morgan fingerprint density at radius 1 is 1.29 bits per heavy atom. The van der Waals surface area contributed by atoms with Crippen LogP contribution in [0.1, 0.15) is 47.0 Å². The van der Waals surface area contributed by atoms with Gasteiger partial charge in [0.2, 0.25) is 0 Å². The average molecular weight is 200 g/mol. The van der Waals surface area contributed by atoms with Gasteiger partial charge in [-0.05, 0) is 37.5 Å². The Morgan fingerprint density at radius 2 is 2.00 bits per heavy atom. The Morgan fingerprint density at radius 3 is 2.57 bits per heavy atom. The number of hydrogen-bond donors (Lipinski definition) is 0. The van der Waals surface area contributed by atoms with Gasteiger partial charge in [-0.15, -0.1) is 0 Å². The monoisotopic (exact) mass is 200 g/mol. The fraction of sp³-hybridized carbons (Fsp3) is 1.00. The molecule has 0 N–H and O–H groups in total. The molecule has 1 rings (SSSR count). The van der Waals surface area contributed by atoms with Crippen LogP contribution in [0.2, 0.25) is 0 Å². The van der Waals surface area contributed by atoms with E-state index in [0.717, 1.165) is 12.5 Å². The van der Waals surface area contributed by atoms with Crippen LogP contribution in [0.3, 0.4) is 0 Å². The summed E-state index contributed by atoms with van der Waals surface area (Å²) in [5, 5.41) is 0. The second kappa shape index (κ2) is 5.13. The van der Waals surface area contributed by atoms with Crippen molar-refractivity contribution in [1.29, 1.82) is 0 Å². The van der Waals surface area contributed by atoms with E-state index in [2.05, 4.69) is 20.8 Å². The molecular weight excluding hydrogens is 176 g/mol. The van der Waals surface area contributed by atoms with Crippen LogP contribution in [-0.2, 0) is 9.47 Å². The Labute approximate surface area is 88.0 Å². The van der Waals surface area contributed by atoms with Crippen molar-refractivity contribution >= 4 is 0 Å². The van der Waals surface area contributed by atoms with E-state index in [0.29, 0.717) is 18.3 Å². The minimum absolute atomic E-state index is 0.403. The third-order valence-electron chi connectivity index (χ3n) is 2.94. The van der Waals surface area contributed by atoms with Crippen LogP contribution in [-0.4, -0.2) is 19.5 Å². The fourth-order valence-corrected chi connectivity index (χ4v) is 2.61. The Bertz CT molecular complexity index is 166. The molecule has 0 bridgehead atoms. The molecule has 2 atom stereocenters. The van der Waals surface area contributed by atoms with E-state index >= 15 is 0 Å². The van der Waals surface area contributed by atoms with Gasteiger partial charge >= 0.3 is 0 Å². The molecule has 0 aromatic rings. The topological polar surface area (TPSA) is 18.5 Å². The lowest BCUT2D eigenvalue weighted by Crippen LogP contribution is -2.33. The Hall–Kier alpha value is -0.0800. The van der Waals surface area contributed by atoms with Crippen LogP contribution in [0.5, 0.6) is 0 Å². The molecule has 14 heavy (non-hydrogen) atoms. The molecule has 0 spiro atoms. The molecule has 0 unspecified atom stereocenters. The predicted molar refractivity (Wildman–Crippen MR) is 58.2 cm³/mol. The quantitative estimate of drug-likeness (QED) is 0.512. The van der Waals surface area contributed by atoms with Crippen molar-refractivity contribution in [2.75, 3.05) is 13.4 Å². The molecule has 1 aliphatic rings. The molecule has 0 amide bonds. The zero-order valence-corrected chi connectivity index (χ0v) is 10.0. The first-order valence-corrected chi connectivity index (χ1v) is 5.73. The molecule has 2 heteroatoms. The van der Waals surface area contributed by atoms with Gasteiger partial charge < -0.3 is 9.47 Å². The summed E-state index contributed by atoms with van der Waals surface area (Å²) >= 11 is 0. The summed E-state index contributed by atoms with van der Waals surface area (Å²) < 4.78 is 10.9. The molecule has 84 valence electrons. The number of hydrogen-bond acceptors (Lipinski definition) is 2. The molecule has 0 aromatic carbocycles. The molecule has 1 saturated carbocycles. The van der Waals surface area contributed by atoms with Crippen molar-refractivity contribution in [3.8, 4) is 0 Å². The van der Waals surface area contributed by atoms with E-state index in [9.17, 15) is 0 Å². The molecular formula is C12H24O2. The predicted octanol–water partition coefficient (Wildman–Crippen LogP) is 3.21. The molecule has 0 aliphatic heterocycles. The van der Waals surface area contributed by atoms with Gasteiger partial charge in [-0.2, -0.15) is 0 Å². The van der Waals surface area contributed by atoms with Crippen LogP contribution in [0, 0.1) is 11.3 Å². The van der Waals surface area contributed by atoms with E-state index in [4.69, 9.17) is 9.47 Å². The lowest BCUT2D eigenvalue weighted by Gasteiger charge is -2.38. The highest BCUT2D eigenvalue weighted by molar-refractivity contribution is 4.83. The van der Waals surface area contributed by atoms with Gasteiger partial charge in [0.05, 0.1) is 6.10 Å². The lowest BCUT2D eigenvalue weighted by atomic mass is 9.71. The highest BCUT2D eigenvalue weighted by Crippen LogP contribution is 2.39. The molecule has 1 fully saturated rings. The fourth-order valence-electron chi connectivity index (χ4n) is 2.61. The van der Waals surface area contributed by atoms with Gasteiger partial charge in [0.25, 0.3) is 0 Å². The highest BCUT2D eigenvalue weighted by atomic mass is 16.7. The largest absolute Gasteiger partial charge is 0.356 e. The molecule has 1 aliphatic carbocycles. The van der Waals surface area contributed by atoms with Gasteiger partial charge in [0.15, 0.2) is 0 Å². The van der Waals surface area contributed by atoms with E-state index in [1.54, 1.807) is 0 Å². The van der Waals surface area contributed by atoms with Gasteiger partial charge in [-0.1, -0.05) is 20.8 Å². The highest BCUT2D eigenvalue weighted by Gasteiger charge is 2.32. The maximum Gasteiger partial charge on any atom is 0.147 e. The van der Waals surface area contributed by atoms with Gasteiger partial charge in [0, 0.05) is 6.61 Å². The van der Waals surface area contributed by atoms with Crippen molar-refractivity contribution in [2.45, 2.75) is 53.1 Å². The van der Waals surface area contributed by atoms with Gasteiger partial charge in [-0.25, -0.2) is 0 Å². The molecule has 0 radical (unpaired) electrons. The zero-order valence-electron chi connectivity index (χ0n) is 10.0. The van der Waals surface area contributed by atoms with E-state index < -0.39 is 0 Å². The first-order valence-electron chi connectivity index (χ1n) is 5.73. The normalized spacial score (nSPS) is 31.7. The second-order valence-electron chi connectivity index (χ2n) is 5.31. The van der Waals surface area contributed by atoms with E-state index in [1.807, 2.05) is 6.92 Å². The minimum atomic E-state index is 0.403. The van der Waals surface area contributed by atoms with Gasteiger partial charge in [-0.3, -0.25) is 0 Å². The van der Waals surface area contributed by atoms with Crippen molar-refractivity contribution in [3.05, 3.63) is 0 Å². The van der Waals surface area contributed by atoms with Crippen molar-refractivity contribution in [2.24, 2.45) is 11.3 Å². The van der Waals surface area contributed by atoms with E-state index in [1.165, 1.54) is 19.3 Å². The molecule has 0 saturated heterocycles. The Balaban J connectivity index is 2.30. The number of ether oxygens (including phenoxy) is 2. The summed E-state index contributed by atoms with van der Waals surface area (Å²) in [6, 6.07) is 0. The second-order valence-corrected chi connectivity index (χ2v) is 5.31. The van der Waals surface area contributed by atoms with Crippen molar-refractivity contribution in [1.82, 2.24) is 0 Å². The SMILES string of the molecule is CCOCO[C@H]1C[C@H](C)CC(C)(C)C1.